The van der Waals surface area contributed by atoms with E-state index < -0.39 is 5.97 Å². The van der Waals surface area contributed by atoms with Crippen LogP contribution in [0.5, 0.6) is 0 Å². The molecule has 0 fully saturated rings. The van der Waals surface area contributed by atoms with Gasteiger partial charge in [0.15, 0.2) is 0 Å². The molecule has 2 aromatic rings. The van der Waals surface area contributed by atoms with Gasteiger partial charge < -0.3 is 16.2 Å². The Labute approximate surface area is 110 Å². The zero-order chi connectivity index (χ0) is 13.8. The average molecular weight is 258 g/mol. The van der Waals surface area contributed by atoms with Crippen LogP contribution in [0.15, 0.2) is 30.5 Å². The Hall–Kier alpha value is -2.63. The fourth-order valence-corrected chi connectivity index (χ4v) is 1.66. The molecule has 1 aromatic heterocycles. The van der Waals surface area contributed by atoms with Gasteiger partial charge in [0.25, 0.3) is 0 Å². The first kappa shape index (κ1) is 12.8. The molecular formula is C13H14N4O2. The molecule has 0 unspecified atom stereocenters. The number of nitrogens with two attached hydrogens (primary N) is 1. The van der Waals surface area contributed by atoms with Crippen LogP contribution in [0.1, 0.15) is 21.9 Å². The predicted octanol–water partition coefficient (Wildman–Crippen LogP) is 1.68. The molecule has 6 heteroatoms. The zero-order valence-electron chi connectivity index (χ0n) is 10.4. The first-order valence-corrected chi connectivity index (χ1v) is 5.71. The van der Waals surface area contributed by atoms with Crippen LogP contribution in [0.2, 0.25) is 0 Å². The number of anilines is 2. The molecule has 19 heavy (non-hydrogen) atoms. The molecule has 0 aliphatic carbocycles. The smallest absolute Gasteiger partial charge is 0.337 e. The van der Waals surface area contributed by atoms with Crippen molar-refractivity contribution in [3.8, 4) is 0 Å². The van der Waals surface area contributed by atoms with E-state index in [2.05, 4.69) is 15.3 Å². The molecule has 0 bridgehead atoms. The maximum absolute atomic E-state index is 10.8. The largest absolute Gasteiger partial charge is 0.478 e. The normalized spacial score (nSPS) is 10.2. The second-order valence-corrected chi connectivity index (χ2v) is 4.06. The van der Waals surface area contributed by atoms with Crippen LogP contribution in [0.25, 0.3) is 0 Å². The number of carboxylic acids is 1. The molecule has 0 atom stereocenters. The van der Waals surface area contributed by atoms with E-state index >= 15 is 0 Å². The highest BCUT2D eigenvalue weighted by atomic mass is 16.4. The Balaban J connectivity index is 2.08. The molecule has 6 nitrogen and oxygen atoms in total. The number of nitrogens with zero attached hydrogens (tertiary/aromatic N) is 2. The molecule has 1 aromatic carbocycles. The van der Waals surface area contributed by atoms with Crippen molar-refractivity contribution in [3.05, 3.63) is 47.5 Å². The third kappa shape index (κ3) is 3.19. The number of hydrogen-bond acceptors (Lipinski definition) is 5. The first-order chi connectivity index (χ1) is 9.06. The predicted molar refractivity (Wildman–Crippen MR) is 71.9 cm³/mol. The Kier molecular flexibility index (Phi) is 3.61. The fourth-order valence-electron chi connectivity index (χ4n) is 1.66. The van der Waals surface area contributed by atoms with Crippen molar-refractivity contribution in [2.45, 2.75) is 13.5 Å². The van der Waals surface area contributed by atoms with Gasteiger partial charge in [-0.05, 0) is 31.2 Å². The van der Waals surface area contributed by atoms with Crippen LogP contribution in [-0.2, 0) is 6.54 Å². The van der Waals surface area contributed by atoms with Crippen LogP contribution in [0.4, 0.5) is 11.4 Å². The molecule has 0 aliphatic heterocycles. The number of nitrogen functional groups attached to an aromatic ring is 1. The highest BCUT2D eigenvalue weighted by Gasteiger charge is 2.07. The zero-order valence-corrected chi connectivity index (χ0v) is 10.4. The quantitative estimate of drug-likeness (QED) is 0.721. The van der Waals surface area contributed by atoms with Gasteiger partial charge in [0, 0.05) is 17.6 Å². The molecule has 4 N–H and O–H groups in total. The van der Waals surface area contributed by atoms with E-state index in [1.54, 1.807) is 18.3 Å². The summed E-state index contributed by atoms with van der Waals surface area (Å²) in [5, 5.41) is 12.0. The van der Waals surface area contributed by atoms with Crippen LogP contribution >= 0.6 is 0 Å². The van der Waals surface area contributed by atoms with Crippen molar-refractivity contribution in [3.63, 3.8) is 0 Å². The van der Waals surface area contributed by atoms with E-state index in [0.29, 0.717) is 12.4 Å². The van der Waals surface area contributed by atoms with E-state index in [4.69, 9.17) is 10.8 Å². The van der Waals surface area contributed by atoms with Crippen molar-refractivity contribution in [2.24, 2.45) is 0 Å². The van der Waals surface area contributed by atoms with E-state index in [1.165, 1.54) is 6.07 Å². The first-order valence-electron chi connectivity index (χ1n) is 5.71. The fraction of sp³-hybridized carbons (Fsp3) is 0.154. The SMILES string of the molecule is Cc1nccc(CNc2ccc(C(=O)O)c(N)c2)n1. The minimum Gasteiger partial charge on any atom is -0.478 e. The topological polar surface area (TPSA) is 101 Å². The van der Waals surface area contributed by atoms with Crippen molar-refractivity contribution in [1.29, 1.82) is 0 Å². The molecule has 98 valence electrons. The second kappa shape index (κ2) is 5.34. The lowest BCUT2D eigenvalue weighted by molar-refractivity contribution is 0.0698. The van der Waals surface area contributed by atoms with Crippen LogP contribution in [0.3, 0.4) is 0 Å². The van der Waals surface area contributed by atoms with Gasteiger partial charge in [-0.15, -0.1) is 0 Å². The Morgan fingerprint density at radius 3 is 2.84 bits per heavy atom. The van der Waals surface area contributed by atoms with Crippen LogP contribution in [-0.4, -0.2) is 21.0 Å². The van der Waals surface area contributed by atoms with Crippen molar-refractivity contribution < 1.29 is 9.90 Å². The van der Waals surface area contributed by atoms with Gasteiger partial charge in [0.1, 0.15) is 5.82 Å². The number of benzene rings is 1. The van der Waals surface area contributed by atoms with E-state index in [9.17, 15) is 4.79 Å². The molecule has 1 heterocycles. The van der Waals surface area contributed by atoms with Crippen LogP contribution in [0, 0.1) is 6.92 Å². The Morgan fingerprint density at radius 2 is 2.21 bits per heavy atom. The number of rotatable bonds is 4. The lowest BCUT2D eigenvalue weighted by Gasteiger charge is -2.08. The summed E-state index contributed by atoms with van der Waals surface area (Å²) in [4.78, 5) is 19.1. The van der Waals surface area contributed by atoms with E-state index in [0.717, 1.165) is 11.4 Å². The van der Waals surface area contributed by atoms with Gasteiger partial charge in [-0.2, -0.15) is 0 Å². The molecule has 0 saturated heterocycles. The summed E-state index contributed by atoms with van der Waals surface area (Å²) in [6, 6.07) is 6.56. The average Bonchev–Trinajstić information content (AvgIpc) is 2.36. The van der Waals surface area contributed by atoms with E-state index in [1.807, 2.05) is 13.0 Å². The lowest BCUT2D eigenvalue weighted by Crippen LogP contribution is -2.06. The van der Waals surface area contributed by atoms with Gasteiger partial charge in [0.2, 0.25) is 0 Å². The minimum atomic E-state index is -1.03. The van der Waals surface area contributed by atoms with Gasteiger partial charge in [-0.3, -0.25) is 0 Å². The summed E-state index contributed by atoms with van der Waals surface area (Å²) in [7, 11) is 0. The highest BCUT2D eigenvalue weighted by molar-refractivity contribution is 5.94. The van der Waals surface area contributed by atoms with Gasteiger partial charge >= 0.3 is 5.97 Å². The maximum Gasteiger partial charge on any atom is 0.337 e. The summed E-state index contributed by atoms with van der Waals surface area (Å²) in [6.45, 7) is 2.35. The van der Waals surface area contributed by atoms with E-state index in [-0.39, 0.29) is 11.3 Å². The molecule has 0 aliphatic rings. The lowest BCUT2D eigenvalue weighted by atomic mass is 10.1. The molecule has 0 radical (unpaired) electrons. The van der Waals surface area contributed by atoms with Crippen molar-refractivity contribution >= 4 is 17.3 Å². The molecule has 2 rings (SSSR count). The third-order valence-electron chi connectivity index (χ3n) is 2.59. The summed E-state index contributed by atoms with van der Waals surface area (Å²) >= 11 is 0. The van der Waals surface area contributed by atoms with Gasteiger partial charge in [-0.1, -0.05) is 0 Å². The monoisotopic (exact) mass is 258 g/mol. The number of aromatic carboxylic acids is 1. The van der Waals surface area contributed by atoms with Crippen molar-refractivity contribution in [1.82, 2.24) is 9.97 Å². The Morgan fingerprint density at radius 1 is 1.42 bits per heavy atom. The number of hydrogen-bond donors (Lipinski definition) is 3. The number of aryl methyl sites for hydroxylation is 1. The number of carbonyl (C=O) groups is 1. The second-order valence-electron chi connectivity index (χ2n) is 4.06. The van der Waals surface area contributed by atoms with Gasteiger partial charge in [-0.25, -0.2) is 14.8 Å². The van der Waals surface area contributed by atoms with Crippen LogP contribution < -0.4 is 11.1 Å². The third-order valence-corrected chi connectivity index (χ3v) is 2.59. The molecular weight excluding hydrogens is 244 g/mol. The highest BCUT2D eigenvalue weighted by Crippen LogP contribution is 2.18. The number of aromatic nitrogens is 2. The Bertz CT molecular complexity index is 613. The summed E-state index contributed by atoms with van der Waals surface area (Å²) < 4.78 is 0. The summed E-state index contributed by atoms with van der Waals surface area (Å²) in [5.41, 5.74) is 7.61. The molecule has 0 spiro atoms. The molecule has 0 saturated carbocycles. The summed E-state index contributed by atoms with van der Waals surface area (Å²) in [6.07, 6.45) is 1.70. The van der Waals surface area contributed by atoms with Crippen molar-refractivity contribution in [2.75, 3.05) is 11.1 Å². The summed E-state index contributed by atoms with van der Waals surface area (Å²) in [5.74, 6) is -0.324. The minimum absolute atomic E-state index is 0.100. The number of carboxylic acid groups (broad SMARTS) is 1. The standard InChI is InChI=1S/C13H14N4O2/c1-8-15-5-4-10(17-8)7-16-9-2-3-11(13(18)19)12(14)6-9/h2-6,16H,7,14H2,1H3,(H,18,19). The number of nitrogens with one attached hydrogen (secondary N) is 1. The maximum atomic E-state index is 10.8. The molecule has 0 amide bonds. The van der Waals surface area contributed by atoms with Gasteiger partial charge in [0.05, 0.1) is 17.8 Å².